The molecule has 0 aliphatic carbocycles. The molecule has 3 rings (SSSR count). The molecule has 0 saturated carbocycles. The number of amides is 1. The van der Waals surface area contributed by atoms with Gasteiger partial charge >= 0.3 is 0 Å². The van der Waals surface area contributed by atoms with Gasteiger partial charge in [-0.15, -0.1) is 0 Å². The molecular formula is C24H26ClN5O2. The molecule has 1 heterocycles. The standard InChI is InChI=1S/C14H14ClN3O.C10H12N2O/c1-9-3-5-12(16-2)11(7-9)14(19)18-13-6-4-10(15)8-17-13;1-8(11)12(2)10-5-3-9(7-13)4-6-10/h3-8,16H,1-2H3,(H,17,18,19);3-7,11H,1-2H3. The summed E-state index contributed by atoms with van der Waals surface area (Å²) in [6.45, 7) is 3.66. The fraction of sp³-hybridized carbons (Fsp3) is 0.167. The molecule has 1 amide bonds. The van der Waals surface area contributed by atoms with Crippen molar-refractivity contribution in [1.82, 2.24) is 4.98 Å². The number of hydrogen-bond acceptors (Lipinski definition) is 5. The van der Waals surface area contributed by atoms with Crippen molar-refractivity contribution in [2.75, 3.05) is 29.6 Å². The molecule has 8 heteroatoms. The Hall–Kier alpha value is -3.71. The van der Waals surface area contributed by atoms with Crippen LogP contribution in [0, 0.1) is 12.3 Å². The van der Waals surface area contributed by atoms with E-state index in [-0.39, 0.29) is 5.91 Å². The van der Waals surface area contributed by atoms with Crippen LogP contribution in [0.2, 0.25) is 5.02 Å². The Morgan fingerprint density at radius 1 is 1.12 bits per heavy atom. The lowest BCUT2D eigenvalue weighted by Crippen LogP contribution is -2.21. The number of amidine groups is 1. The van der Waals surface area contributed by atoms with Crippen LogP contribution in [-0.2, 0) is 0 Å². The summed E-state index contributed by atoms with van der Waals surface area (Å²) in [5.74, 6) is 0.736. The van der Waals surface area contributed by atoms with Crippen LogP contribution in [0.25, 0.3) is 0 Å². The van der Waals surface area contributed by atoms with E-state index in [2.05, 4.69) is 15.6 Å². The number of pyridine rings is 1. The van der Waals surface area contributed by atoms with E-state index in [1.165, 1.54) is 6.20 Å². The zero-order valence-electron chi connectivity index (χ0n) is 18.4. The number of carbonyl (C=O) groups excluding carboxylic acids is 2. The number of halogens is 1. The Balaban J connectivity index is 0.000000244. The van der Waals surface area contributed by atoms with E-state index in [0.29, 0.717) is 27.8 Å². The number of rotatable bonds is 5. The minimum atomic E-state index is -0.206. The van der Waals surface area contributed by atoms with Gasteiger partial charge < -0.3 is 15.5 Å². The largest absolute Gasteiger partial charge is 0.387 e. The molecule has 0 bridgehead atoms. The number of aryl methyl sites for hydroxylation is 1. The Labute approximate surface area is 192 Å². The third-order valence-electron chi connectivity index (χ3n) is 4.58. The molecule has 0 fully saturated rings. The number of aromatic nitrogens is 1. The molecule has 0 aliphatic heterocycles. The number of benzene rings is 2. The maximum Gasteiger partial charge on any atom is 0.258 e. The molecular weight excluding hydrogens is 426 g/mol. The smallest absolute Gasteiger partial charge is 0.258 e. The second-order valence-electron chi connectivity index (χ2n) is 6.97. The lowest BCUT2D eigenvalue weighted by molar-refractivity contribution is 0.102. The molecule has 0 saturated heterocycles. The Kier molecular flexibility index (Phi) is 8.92. The second-order valence-corrected chi connectivity index (χ2v) is 7.41. The van der Waals surface area contributed by atoms with Gasteiger partial charge in [0.1, 0.15) is 12.1 Å². The van der Waals surface area contributed by atoms with Crippen LogP contribution in [-0.4, -0.2) is 37.1 Å². The summed E-state index contributed by atoms with van der Waals surface area (Å²) < 4.78 is 0. The van der Waals surface area contributed by atoms with Crippen LogP contribution in [0.4, 0.5) is 17.2 Å². The first-order valence-corrected chi connectivity index (χ1v) is 10.2. The first-order valence-electron chi connectivity index (χ1n) is 9.80. The normalized spacial score (nSPS) is 9.78. The summed E-state index contributed by atoms with van der Waals surface area (Å²) in [6, 6.07) is 16.1. The maximum atomic E-state index is 12.2. The number of aldehydes is 1. The predicted molar refractivity (Wildman–Crippen MR) is 132 cm³/mol. The van der Waals surface area contributed by atoms with Gasteiger partial charge in [-0.05, 0) is 62.4 Å². The van der Waals surface area contributed by atoms with Gasteiger partial charge in [0.05, 0.1) is 16.4 Å². The number of nitrogens with one attached hydrogen (secondary N) is 3. The third kappa shape index (κ3) is 6.92. The first kappa shape index (κ1) is 24.6. The zero-order valence-corrected chi connectivity index (χ0v) is 19.2. The minimum absolute atomic E-state index is 0.206. The number of nitrogens with zero attached hydrogens (tertiary/aromatic N) is 2. The summed E-state index contributed by atoms with van der Waals surface area (Å²) in [4.78, 5) is 28.4. The molecule has 3 N–H and O–H groups in total. The number of carbonyl (C=O) groups is 2. The van der Waals surface area contributed by atoms with Crippen LogP contribution < -0.4 is 15.5 Å². The molecule has 0 unspecified atom stereocenters. The quantitative estimate of drug-likeness (QED) is 0.279. The monoisotopic (exact) mass is 451 g/mol. The lowest BCUT2D eigenvalue weighted by atomic mass is 10.1. The van der Waals surface area contributed by atoms with E-state index in [0.717, 1.165) is 23.2 Å². The highest BCUT2D eigenvalue weighted by molar-refractivity contribution is 6.30. The van der Waals surface area contributed by atoms with Crippen LogP contribution in [0.1, 0.15) is 33.2 Å². The van der Waals surface area contributed by atoms with Gasteiger partial charge in [0.2, 0.25) is 0 Å². The molecule has 166 valence electrons. The highest BCUT2D eigenvalue weighted by atomic mass is 35.5. The molecule has 1 aromatic heterocycles. The van der Waals surface area contributed by atoms with Gasteiger partial charge in [-0.2, -0.15) is 0 Å². The van der Waals surface area contributed by atoms with Crippen molar-refractivity contribution in [3.8, 4) is 0 Å². The lowest BCUT2D eigenvalue weighted by Gasteiger charge is -2.16. The maximum absolute atomic E-state index is 12.2. The van der Waals surface area contributed by atoms with Crippen molar-refractivity contribution >= 4 is 46.8 Å². The van der Waals surface area contributed by atoms with Crippen molar-refractivity contribution in [2.24, 2.45) is 0 Å². The van der Waals surface area contributed by atoms with Crippen LogP contribution in [0.15, 0.2) is 60.8 Å². The van der Waals surface area contributed by atoms with E-state index < -0.39 is 0 Å². The predicted octanol–water partition coefficient (Wildman–Crippen LogP) is 5.27. The van der Waals surface area contributed by atoms with Crippen LogP contribution in [0.5, 0.6) is 0 Å². The second kappa shape index (κ2) is 11.6. The molecule has 0 radical (unpaired) electrons. The molecule has 7 nitrogen and oxygen atoms in total. The van der Waals surface area contributed by atoms with Gasteiger partial charge in [0.25, 0.3) is 5.91 Å². The fourth-order valence-electron chi connectivity index (χ4n) is 2.67. The summed E-state index contributed by atoms with van der Waals surface area (Å²) >= 11 is 5.75. The van der Waals surface area contributed by atoms with E-state index in [1.807, 2.05) is 44.3 Å². The Morgan fingerprint density at radius 2 is 1.81 bits per heavy atom. The zero-order chi connectivity index (χ0) is 23.7. The fourth-order valence-corrected chi connectivity index (χ4v) is 2.78. The SMILES string of the molecule is CC(=N)N(C)c1ccc(C=O)cc1.CNc1ccc(C)cc1C(=O)Nc1ccc(Cl)cn1. The van der Waals surface area contributed by atoms with Gasteiger partial charge in [-0.25, -0.2) is 4.98 Å². The van der Waals surface area contributed by atoms with Crippen molar-refractivity contribution in [3.05, 3.63) is 82.5 Å². The first-order chi connectivity index (χ1) is 15.2. The van der Waals surface area contributed by atoms with E-state index >= 15 is 0 Å². The van der Waals surface area contributed by atoms with Gasteiger partial charge in [-0.3, -0.25) is 15.0 Å². The van der Waals surface area contributed by atoms with E-state index in [1.54, 1.807) is 43.1 Å². The van der Waals surface area contributed by atoms with E-state index in [9.17, 15) is 9.59 Å². The molecule has 2 aromatic carbocycles. The van der Waals surface area contributed by atoms with Crippen molar-refractivity contribution in [2.45, 2.75) is 13.8 Å². The summed E-state index contributed by atoms with van der Waals surface area (Å²) in [6.07, 6.45) is 2.30. The summed E-state index contributed by atoms with van der Waals surface area (Å²) in [5, 5.41) is 13.7. The Morgan fingerprint density at radius 3 is 2.34 bits per heavy atom. The van der Waals surface area contributed by atoms with Crippen LogP contribution >= 0.6 is 11.6 Å². The Bertz CT molecular complexity index is 1080. The van der Waals surface area contributed by atoms with Crippen molar-refractivity contribution in [3.63, 3.8) is 0 Å². The van der Waals surface area contributed by atoms with Crippen LogP contribution in [0.3, 0.4) is 0 Å². The third-order valence-corrected chi connectivity index (χ3v) is 4.80. The van der Waals surface area contributed by atoms with Crippen molar-refractivity contribution < 1.29 is 9.59 Å². The summed E-state index contributed by atoms with van der Waals surface area (Å²) in [7, 11) is 3.60. The number of anilines is 3. The highest BCUT2D eigenvalue weighted by Crippen LogP contribution is 2.19. The molecule has 3 aromatic rings. The molecule has 0 atom stereocenters. The van der Waals surface area contributed by atoms with E-state index in [4.69, 9.17) is 17.0 Å². The van der Waals surface area contributed by atoms with Gasteiger partial charge in [0.15, 0.2) is 0 Å². The molecule has 32 heavy (non-hydrogen) atoms. The van der Waals surface area contributed by atoms with Crippen molar-refractivity contribution in [1.29, 1.82) is 5.41 Å². The average Bonchev–Trinajstić information content (AvgIpc) is 2.80. The van der Waals surface area contributed by atoms with Gasteiger partial charge in [0, 0.05) is 37.2 Å². The van der Waals surface area contributed by atoms with Gasteiger partial charge in [-0.1, -0.05) is 23.2 Å². The topological polar surface area (TPSA) is 98.2 Å². The average molecular weight is 452 g/mol. The molecule has 0 spiro atoms. The molecule has 0 aliphatic rings. The minimum Gasteiger partial charge on any atom is -0.387 e. The highest BCUT2D eigenvalue weighted by Gasteiger charge is 2.11. The summed E-state index contributed by atoms with van der Waals surface area (Å²) in [5.41, 5.74) is 3.95. The number of hydrogen-bond donors (Lipinski definition) is 3.